The van der Waals surface area contributed by atoms with Gasteiger partial charge in [0.05, 0.1) is 0 Å². The zero-order valence-electron chi connectivity index (χ0n) is 8.09. The Labute approximate surface area is 74.9 Å². The predicted molar refractivity (Wildman–Crippen MR) is 50.9 cm³/mol. The van der Waals surface area contributed by atoms with Crippen LogP contribution in [-0.4, -0.2) is 19.6 Å². The van der Waals surface area contributed by atoms with Crippen LogP contribution in [0.25, 0.3) is 0 Å². The van der Waals surface area contributed by atoms with Gasteiger partial charge in [0.15, 0.2) is 0 Å². The van der Waals surface area contributed by atoms with Crippen molar-refractivity contribution >= 4 is 14.5 Å². The molecule has 0 aliphatic heterocycles. The molecule has 0 bridgehead atoms. The van der Waals surface area contributed by atoms with Crippen molar-refractivity contribution in [1.82, 2.24) is 0 Å². The fourth-order valence-electron chi connectivity index (χ4n) is 1.09. The molecule has 0 aromatic carbocycles. The normalized spacial score (nSPS) is 11.2. The Hall–Kier alpha value is -0.513. The van der Waals surface area contributed by atoms with Crippen LogP contribution in [0.2, 0.25) is 19.1 Å². The summed E-state index contributed by atoms with van der Waals surface area (Å²) < 4.78 is 4.84. The lowest BCUT2D eigenvalue weighted by Gasteiger charge is -2.19. The average molecular weight is 190 g/mol. The van der Waals surface area contributed by atoms with Crippen LogP contribution in [0.15, 0.2) is 0 Å². The lowest BCUT2D eigenvalue weighted by molar-refractivity contribution is 0.141. The zero-order chi connectivity index (χ0) is 9.61. The summed E-state index contributed by atoms with van der Waals surface area (Å²) in [5.41, 5.74) is 0. The van der Waals surface area contributed by atoms with E-state index in [4.69, 9.17) is 9.53 Å². The van der Waals surface area contributed by atoms with Gasteiger partial charge in [-0.2, -0.15) is 0 Å². The van der Waals surface area contributed by atoms with Gasteiger partial charge in [-0.3, -0.25) is 0 Å². The molecule has 0 spiro atoms. The number of carboxylic acid groups (broad SMARTS) is 1. The molecule has 0 aliphatic carbocycles. The van der Waals surface area contributed by atoms with E-state index in [0.29, 0.717) is 0 Å². The van der Waals surface area contributed by atoms with E-state index in [2.05, 4.69) is 6.92 Å². The molecule has 72 valence electrons. The Balaban J connectivity index is 3.63. The van der Waals surface area contributed by atoms with Crippen LogP contribution in [0.1, 0.15) is 26.2 Å². The first kappa shape index (κ1) is 11.5. The van der Waals surface area contributed by atoms with E-state index >= 15 is 0 Å². The van der Waals surface area contributed by atoms with Gasteiger partial charge in [0.25, 0.3) is 8.32 Å². The van der Waals surface area contributed by atoms with E-state index in [0.717, 1.165) is 18.9 Å². The first-order valence-corrected chi connectivity index (χ1v) is 7.51. The Kier molecular flexibility index (Phi) is 4.97. The summed E-state index contributed by atoms with van der Waals surface area (Å²) >= 11 is 0. The third kappa shape index (κ3) is 6.21. The summed E-state index contributed by atoms with van der Waals surface area (Å²) in [6, 6.07) is 0.938. The lowest BCUT2D eigenvalue weighted by atomic mass is 10.3. The van der Waals surface area contributed by atoms with Crippen molar-refractivity contribution in [2.45, 2.75) is 45.3 Å². The van der Waals surface area contributed by atoms with Crippen molar-refractivity contribution in [3.8, 4) is 0 Å². The van der Waals surface area contributed by atoms with Crippen LogP contribution >= 0.6 is 0 Å². The highest BCUT2D eigenvalue weighted by Gasteiger charge is 2.25. The topological polar surface area (TPSA) is 46.5 Å². The Bertz CT molecular complexity index is 145. The highest BCUT2D eigenvalue weighted by atomic mass is 28.4. The second kappa shape index (κ2) is 5.19. The van der Waals surface area contributed by atoms with E-state index < -0.39 is 14.5 Å². The lowest BCUT2D eigenvalue weighted by Crippen LogP contribution is -2.32. The third-order valence-electron chi connectivity index (χ3n) is 1.75. The van der Waals surface area contributed by atoms with Crippen molar-refractivity contribution < 1.29 is 14.3 Å². The Morgan fingerprint density at radius 1 is 1.42 bits per heavy atom. The molecule has 0 heterocycles. The third-order valence-corrected chi connectivity index (χ3v) is 4.03. The molecule has 4 heteroatoms. The molecule has 3 nitrogen and oxygen atoms in total. The second-order valence-corrected chi connectivity index (χ2v) is 7.81. The minimum Gasteiger partial charge on any atom is -0.490 e. The van der Waals surface area contributed by atoms with E-state index in [1.807, 2.05) is 13.1 Å². The molecule has 0 rings (SSSR count). The SMILES string of the molecule is CCCCC[Si](C)(C)OC(=O)O. The number of hydrogen-bond donors (Lipinski definition) is 1. The fraction of sp³-hybridized carbons (Fsp3) is 0.875. The zero-order valence-corrected chi connectivity index (χ0v) is 9.09. The molecule has 0 saturated heterocycles. The molecule has 0 amide bonds. The van der Waals surface area contributed by atoms with Crippen LogP contribution in [0.5, 0.6) is 0 Å². The van der Waals surface area contributed by atoms with Gasteiger partial charge >= 0.3 is 6.16 Å². The minimum atomic E-state index is -1.90. The number of carbonyl (C=O) groups is 1. The number of hydrogen-bond acceptors (Lipinski definition) is 2. The summed E-state index contributed by atoms with van der Waals surface area (Å²) in [5, 5.41) is 8.42. The predicted octanol–water partition coefficient (Wildman–Crippen LogP) is 3.08. The van der Waals surface area contributed by atoms with Gasteiger partial charge in [0.1, 0.15) is 0 Å². The standard InChI is InChI=1S/C8H18O3Si/c1-4-5-6-7-12(2,3)11-8(9)10/h4-7H2,1-3H3,(H,9,10). The molecule has 0 aromatic heterocycles. The summed E-state index contributed by atoms with van der Waals surface area (Å²) in [5.74, 6) is 0. The van der Waals surface area contributed by atoms with Crippen LogP contribution in [0.3, 0.4) is 0 Å². The van der Waals surface area contributed by atoms with Crippen LogP contribution in [0.4, 0.5) is 4.79 Å². The number of rotatable bonds is 5. The minimum absolute atomic E-state index is 0.938. The van der Waals surface area contributed by atoms with Crippen molar-refractivity contribution in [1.29, 1.82) is 0 Å². The maximum Gasteiger partial charge on any atom is 0.491 e. The van der Waals surface area contributed by atoms with Crippen LogP contribution < -0.4 is 0 Å². The molecule has 0 fully saturated rings. The molecule has 0 radical (unpaired) electrons. The highest BCUT2D eigenvalue weighted by molar-refractivity contribution is 6.72. The summed E-state index contributed by atoms with van der Waals surface area (Å²) in [7, 11) is -1.90. The Morgan fingerprint density at radius 3 is 2.42 bits per heavy atom. The van der Waals surface area contributed by atoms with Gasteiger partial charge < -0.3 is 9.53 Å². The maximum atomic E-state index is 10.3. The molecule has 0 atom stereocenters. The smallest absolute Gasteiger partial charge is 0.490 e. The van der Waals surface area contributed by atoms with E-state index in [-0.39, 0.29) is 0 Å². The van der Waals surface area contributed by atoms with E-state index in [9.17, 15) is 4.79 Å². The van der Waals surface area contributed by atoms with Gasteiger partial charge in [-0.1, -0.05) is 26.2 Å². The molecule has 1 N–H and O–H groups in total. The van der Waals surface area contributed by atoms with Crippen LogP contribution in [0, 0.1) is 0 Å². The van der Waals surface area contributed by atoms with Gasteiger partial charge in [0.2, 0.25) is 0 Å². The van der Waals surface area contributed by atoms with Crippen molar-refractivity contribution in [2.75, 3.05) is 0 Å². The first-order valence-electron chi connectivity index (χ1n) is 4.40. The Morgan fingerprint density at radius 2 is 2.00 bits per heavy atom. The van der Waals surface area contributed by atoms with E-state index in [1.165, 1.54) is 6.42 Å². The van der Waals surface area contributed by atoms with E-state index in [1.54, 1.807) is 0 Å². The van der Waals surface area contributed by atoms with Crippen molar-refractivity contribution in [3.63, 3.8) is 0 Å². The highest BCUT2D eigenvalue weighted by Crippen LogP contribution is 2.15. The second-order valence-electron chi connectivity index (χ2n) is 3.58. The molecule has 0 saturated carbocycles. The molecular weight excluding hydrogens is 172 g/mol. The van der Waals surface area contributed by atoms with Gasteiger partial charge in [-0.15, -0.1) is 0 Å². The molecule has 12 heavy (non-hydrogen) atoms. The fourth-order valence-corrected chi connectivity index (χ4v) is 2.76. The monoisotopic (exact) mass is 190 g/mol. The van der Waals surface area contributed by atoms with Gasteiger partial charge in [-0.25, -0.2) is 4.79 Å². The van der Waals surface area contributed by atoms with Gasteiger partial charge in [-0.05, 0) is 19.1 Å². The molecule has 0 unspecified atom stereocenters. The summed E-state index contributed by atoms with van der Waals surface area (Å²) in [6.07, 6.45) is 2.29. The van der Waals surface area contributed by atoms with Gasteiger partial charge in [0, 0.05) is 0 Å². The summed E-state index contributed by atoms with van der Waals surface area (Å²) in [6.45, 7) is 6.01. The van der Waals surface area contributed by atoms with Crippen molar-refractivity contribution in [3.05, 3.63) is 0 Å². The molecule has 0 aliphatic rings. The quantitative estimate of drug-likeness (QED) is 0.535. The molecular formula is C8H18O3Si. The first-order chi connectivity index (χ1) is 5.48. The largest absolute Gasteiger partial charge is 0.491 e. The average Bonchev–Trinajstić information content (AvgIpc) is 1.84. The maximum absolute atomic E-state index is 10.3. The molecule has 0 aromatic rings. The van der Waals surface area contributed by atoms with Crippen molar-refractivity contribution in [2.24, 2.45) is 0 Å². The van der Waals surface area contributed by atoms with Crippen LogP contribution in [-0.2, 0) is 4.43 Å². The number of unbranched alkanes of at least 4 members (excludes halogenated alkanes) is 2. The summed E-state index contributed by atoms with van der Waals surface area (Å²) in [4.78, 5) is 10.3.